The Bertz CT molecular complexity index is 339. The summed E-state index contributed by atoms with van der Waals surface area (Å²) in [5.74, 6) is 0. The number of hydrogen-bond acceptors (Lipinski definition) is 3. The van der Waals surface area contributed by atoms with Gasteiger partial charge in [0.25, 0.3) is 0 Å². The van der Waals surface area contributed by atoms with Gasteiger partial charge in [-0.3, -0.25) is 4.90 Å². The van der Waals surface area contributed by atoms with E-state index in [4.69, 9.17) is 5.73 Å². The molecule has 2 nitrogen and oxygen atoms in total. The molecule has 2 N–H and O–H groups in total. The molecule has 1 aliphatic rings. The average Bonchev–Trinajstić information content (AvgIpc) is 2.89. The first-order valence-corrected chi connectivity index (χ1v) is 8.05. The van der Waals surface area contributed by atoms with E-state index in [1.165, 1.54) is 37.0 Å². The monoisotopic (exact) mass is 266 g/mol. The van der Waals surface area contributed by atoms with E-state index in [2.05, 4.69) is 36.3 Å². The van der Waals surface area contributed by atoms with Crippen molar-refractivity contribution in [3.63, 3.8) is 0 Å². The van der Waals surface area contributed by atoms with Crippen molar-refractivity contribution in [2.24, 2.45) is 5.73 Å². The summed E-state index contributed by atoms with van der Waals surface area (Å²) in [4.78, 5) is 4.11. The molecule has 18 heavy (non-hydrogen) atoms. The Morgan fingerprint density at radius 2 is 2.06 bits per heavy atom. The van der Waals surface area contributed by atoms with Gasteiger partial charge in [0.1, 0.15) is 0 Å². The lowest BCUT2D eigenvalue weighted by molar-refractivity contribution is 0.0234. The summed E-state index contributed by atoms with van der Waals surface area (Å²) < 4.78 is 0. The van der Waals surface area contributed by atoms with E-state index in [1.807, 2.05) is 11.3 Å². The number of nitrogens with zero attached hydrogens (tertiary/aromatic N) is 1. The lowest BCUT2D eigenvalue weighted by atomic mass is 9.79. The molecule has 0 saturated heterocycles. The molecular formula is C15H26N2S. The van der Waals surface area contributed by atoms with Gasteiger partial charge in [-0.05, 0) is 38.1 Å². The second-order valence-corrected chi connectivity index (χ2v) is 6.82. The molecule has 0 spiro atoms. The highest BCUT2D eigenvalue weighted by molar-refractivity contribution is 7.09. The highest BCUT2D eigenvalue weighted by Gasteiger charge is 2.38. The van der Waals surface area contributed by atoms with E-state index < -0.39 is 0 Å². The molecule has 0 aliphatic heterocycles. The normalized spacial score (nSPS) is 19.6. The summed E-state index contributed by atoms with van der Waals surface area (Å²) in [7, 11) is 0. The number of thiophene rings is 1. The van der Waals surface area contributed by atoms with Crippen LogP contribution in [0.5, 0.6) is 0 Å². The molecule has 102 valence electrons. The summed E-state index contributed by atoms with van der Waals surface area (Å²) in [5, 5.41) is 2.17. The Hall–Kier alpha value is -0.380. The first-order chi connectivity index (χ1) is 8.68. The third-order valence-corrected chi connectivity index (χ3v) is 5.16. The van der Waals surface area contributed by atoms with Crippen molar-refractivity contribution in [3.05, 3.63) is 22.4 Å². The van der Waals surface area contributed by atoms with Crippen LogP contribution in [-0.2, 0) is 6.54 Å². The third kappa shape index (κ3) is 2.95. The molecule has 0 atom stereocenters. The molecule has 0 bridgehead atoms. The standard InChI is InChI=1S/C15H26N2S/c1-13(2)17(11-14-7-6-10-18-14)15(12-16)8-4-3-5-9-15/h6-7,10,13H,3-5,8-9,11-12,16H2,1-2H3. The van der Waals surface area contributed by atoms with E-state index in [0.717, 1.165) is 13.1 Å². The second-order valence-electron chi connectivity index (χ2n) is 5.79. The van der Waals surface area contributed by atoms with Crippen LogP contribution in [0.15, 0.2) is 17.5 Å². The topological polar surface area (TPSA) is 29.3 Å². The molecule has 0 radical (unpaired) electrons. The fourth-order valence-corrected chi connectivity index (χ4v) is 3.99. The molecule has 0 amide bonds. The molecule has 1 aliphatic carbocycles. The minimum Gasteiger partial charge on any atom is -0.329 e. The zero-order chi connectivity index (χ0) is 13.0. The Morgan fingerprint density at radius 1 is 1.33 bits per heavy atom. The molecular weight excluding hydrogens is 240 g/mol. The summed E-state index contributed by atoms with van der Waals surface area (Å²) in [6.45, 7) is 6.47. The van der Waals surface area contributed by atoms with Crippen LogP contribution in [-0.4, -0.2) is 23.0 Å². The van der Waals surface area contributed by atoms with E-state index in [0.29, 0.717) is 6.04 Å². The number of hydrogen-bond donors (Lipinski definition) is 1. The van der Waals surface area contributed by atoms with Crippen LogP contribution in [0.1, 0.15) is 50.8 Å². The molecule has 1 heterocycles. The van der Waals surface area contributed by atoms with Crippen molar-refractivity contribution in [2.75, 3.05) is 6.54 Å². The van der Waals surface area contributed by atoms with E-state index >= 15 is 0 Å². The minimum absolute atomic E-state index is 0.246. The van der Waals surface area contributed by atoms with Gasteiger partial charge >= 0.3 is 0 Å². The van der Waals surface area contributed by atoms with Gasteiger partial charge in [0.2, 0.25) is 0 Å². The third-order valence-electron chi connectivity index (χ3n) is 4.30. The average molecular weight is 266 g/mol. The Balaban J connectivity index is 2.16. The maximum absolute atomic E-state index is 6.17. The van der Waals surface area contributed by atoms with Crippen LogP contribution in [0.4, 0.5) is 0 Å². The second kappa shape index (κ2) is 6.18. The predicted molar refractivity (Wildman–Crippen MR) is 79.9 cm³/mol. The van der Waals surface area contributed by atoms with Crippen LogP contribution in [0.25, 0.3) is 0 Å². The maximum Gasteiger partial charge on any atom is 0.0338 e. The van der Waals surface area contributed by atoms with Crippen molar-refractivity contribution in [2.45, 2.75) is 64.1 Å². The molecule has 0 aromatic carbocycles. The number of nitrogens with two attached hydrogens (primary N) is 1. The van der Waals surface area contributed by atoms with Crippen molar-refractivity contribution >= 4 is 11.3 Å². The van der Waals surface area contributed by atoms with Crippen LogP contribution in [0.3, 0.4) is 0 Å². The quantitative estimate of drug-likeness (QED) is 0.882. The first kappa shape index (κ1) is 14.0. The van der Waals surface area contributed by atoms with Gasteiger partial charge in [-0.25, -0.2) is 0 Å². The van der Waals surface area contributed by atoms with Gasteiger partial charge in [0.05, 0.1) is 0 Å². The van der Waals surface area contributed by atoms with Gasteiger partial charge < -0.3 is 5.73 Å². The molecule has 0 unspecified atom stereocenters. The molecule has 3 heteroatoms. The zero-order valence-electron chi connectivity index (χ0n) is 11.7. The molecule has 1 saturated carbocycles. The fraction of sp³-hybridized carbons (Fsp3) is 0.733. The van der Waals surface area contributed by atoms with Crippen molar-refractivity contribution in [1.82, 2.24) is 4.90 Å². The van der Waals surface area contributed by atoms with Crippen molar-refractivity contribution < 1.29 is 0 Å². The number of rotatable bonds is 5. The van der Waals surface area contributed by atoms with Crippen LogP contribution < -0.4 is 5.73 Å². The van der Waals surface area contributed by atoms with Crippen LogP contribution in [0, 0.1) is 0 Å². The van der Waals surface area contributed by atoms with Gasteiger partial charge in [0, 0.05) is 29.5 Å². The summed E-state index contributed by atoms with van der Waals surface area (Å²) >= 11 is 1.86. The van der Waals surface area contributed by atoms with Gasteiger partial charge in [-0.15, -0.1) is 11.3 Å². The van der Waals surface area contributed by atoms with E-state index in [-0.39, 0.29) is 5.54 Å². The smallest absolute Gasteiger partial charge is 0.0338 e. The highest BCUT2D eigenvalue weighted by atomic mass is 32.1. The zero-order valence-corrected chi connectivity index (χ0v) is 12.5. The largest absolute Gasteiger partial charge is 0.329 e. The summed E-state index contributed by atoms with van der Waals surface area (Å²) in [5.41, 5.74) is 6.41. The molecule has 1 fully saturated rings. The van der Waals surface area contributed by atoms with Crippen LogP contribution in [0.2, 0.25) is 0 Å². The Kier molecular flexibility index (Phi) is 4.82. The molecule has 2 rings (SSSR count). The predicted octanol–water partition coefficient (Wildman–Crippen LogP) is 3.62. The maximum atomic E-state index is 6.17. The fourth-order valence-electron chi connectivity index (χ4n) is 3.29. The Morgan fingerprint density at radius 3 is 2.56 bits per heavy atom. The first-order valence-electron chi connectivity index (χ1n) is 7.17. The van der Waals surface area contributed by atoms with Gasteiger partial charge in [0.15, 0.2) is 0 Å². The Labute approximate surface area is 115 Å². The summed E-state index contributed by atoms with van der Waals surface area (Å²) in [6.07, 6.45) is 6.60. The lowest BCUT2D eigenvalue weighted by Gasteiger charge is -2.48. The lowest BCUT2D eigenvalue weighted by Crippen LogP contribution is -2.57. The van der Waals surface area contributed by atoms with Crippen LogP contribution >= 0.6 is 11.3 Å². The van der Waals surface area contributed by atoms with Crippen molar-refractivity contribution in [1.29, 1.82) is 0 Å². The minimum atomic E-state index is 0.246. The highest BCUT2D eigenvalue weighted by Crippen LogP contribution is 2.35. The SMILES string of the molecule is CC(C)N(Cc1cccs1)C1(CN)CCCCC1. The van der Waals surface area contributed by atoms with E-state index in [1.54, 1.807) is 0 Å². The van der Waals surface area contributed by atoms with Crippen molar-refractivity contribution in [3.8, 4) is 0 Å². The van der Waals surface area contributed by atoms with E-state index in [9.17, 15) is 0 Å². The van der Waals surface area contributed by atoms with Gasteiger partial charge in [-0.1, -0.05) is 25.3 Å². The summed E-state index contributed by atoms with van der Waals surface area (Å²) in [6, 6.07) is 4.95. The van der Waals surface area contributed by atoms with Gasteiger partial charge in [-0.2, -0.15) is 0 Å². The molecule has 1 aromatic heterocycles. The molecule has 1 aromatic rings.